The number of nitrogens with zero attached hydrogens (tertiary/aromatic N) is 8. The van der Waals surface area contributed by atoms with Crippen LogP contribution in [-0.4, -0.2) is 52.8 Å². The van der Waals surface area contributed by atoms with Crippen molar-refractivity contribution in [3.8, 4) is 23.1 Å². The van der Waals surface area contributed by atoms with Crippen LogP contribution >= 0.6 is 0 Å². The number of imidazole rings is 1. The molecule has 0 saturated carbocycles. The van der Waals surface area contributed by atoms with E-state index < -0.39 is 30.4 Å². The van der Waals surface area contributed by atoms with Crippen molar-refractivity contribution in [2.45, 2.75) is 25.9 Å². The Morgan fingerprint density at radius 3 is 2.51 bits per heavy atom. The van der Waals surface area contributed by atoms with E-state index in [1.54, 1.807) is 35.8 Å². The van der Waals surface area contributed by atoms with Crippen LogP contribution in [0.1, 0.15) is 23.5 Å². The molecule has 1 aromatic carbocycles. The third-order valence-corrected chi connectivity index (χ3v) is 5.70. The Bertz CT molecular complexity index is 1640. The number of aryl methyl sites for hydroxylation is 2. The lowest BCUT2D eigenvalue weighted by Crippen LogP contribution is -2.12. The number of anilines is 2. The number of benzene rings is 1. The molecule has 0 spiro atoms. The minimum absolute atomic E-state index is 0.184. The fraction of sp³-hybridized carbons (Fsp3) is 0.250. The predicted octanol–water partition coefficient (Wildman–Crippen LogP) is 5.11. The van der Waals surface area contributed by atoms with Gasteiger partial charge >= 0.3 is 6.18 Å². The Morgan fingerprint density at radius 1 is 1.05 bits per heavy atom. The molecule has 0 saturated heterocycles. The molecule has 10 nitrogen and oxygen atoms in total. The zero-order valence-electron chi connectivity index (χ0n) is 20.7. The van der Waals surface area contributed by atoms with Crippen LogP contribution < -0.4 is 10.1 Å². The van der Waals surface area contributed by atoms with Crippen molar-refractivity contribution in [3.05, 3.63) is 59.8 Å². The van der Waals surface area contributed by atoms with Crippen LogP contribution in [0.3, 0.4) is 0 Å². The Balaban J connectivity index is 1.60. The average Bonchev–Trinajstić information content (AvgIpc) is 3.45. The fourth-order valence-corrected chi connectivity index (χ4v) is 3.94. The van der Waals surface area contributed by atoms with Gasteiger partial charge in [0, 0.05) is 18.7 Å². The quantitative estimate of drug-likeness (QED) is 0.281. The van der Waals surface area contributed by atoms with E-state index in [2.05, 4.69) is 35.6 Å². The van der Waals surface area contributed by atoms with E-state index in [9.17, 15) is 22.0 Å². The first-order chi connectivity index (χ1) is 18.5. The lowest BCUT2D eigenvalue weighted by atomic mass is 10.2. The molecule has 4 aromatic heterocycles. The van der Waals surface area contributed by atoms with Gasteiger partial charge in [-0.2, -0.15) is 23.4 Å². The van der Waals surface area contributed by atoms with Gasteiger partial charge in [0.05, 0.1) is 29.5 Å². The van der Waals surface area contributed by atoms with Crippen molar-refractivity contribution in [1.29, 1.82) is 0 Å². The number of alkyl halides is 5. The molecule has 0 fully saturated rings. The number of aromatic nitrogens is 8. The number of hydrogen-bond donors (Lipinski definition) is 1. The van der Waals surface area contributed by atoms with Gasteiger partial charge in [0.15, 0.2) is 17.5 Å². The summed E-state index contributed by atoms with van der Waals surface area (Å²) in [5.74, 6) is 0.333. The molecule has 0 radical (unpaired) electrons. The van der Waals surface area contributed by atoms with Gasteiger partial charge in [-0.1, -0.05) is 0 Å². The molecule has 0 aliphatic heterocycles. The smallest absolute Gasteiger partial charge is 0.396 e. The van der Waals surface area contributed by atoms with Crippen LogP contribution in [0.2, 0.25) is 0 Å². The first-order valence-corrected chi connectivity index (χ1v) is 11.4. The van der Waals surface area contributed by atoms with Crippen molar-refractivity contribution in [2.24, 2.45) is 7.05 Å². The third-order valence-electron chi connectivity index (χ3n) is 5.70. The summed E-state index contributed by atoms with van der Waals surface area (Å²) in [7, 11) is 2.81. The Hall–Kier alpha value is -4.69. The SMILES string of the molecule is COc1cc2ncn(-c3ccc(C(F)F)c(-c4nc(CC(F)(F)F)nn4C)n3)c2cc1Nc1ccc(C)nn1. The summed E-state index contributed by atoms with van der Waals surface area (Å²) in [6.45, 7) is 1.81. The minimum Gasteiger partial charge on any atom is -0.494 e. The largest absolute Gasteiger partial charge is 0.494 e. The normalized spacial score (nSPS) is 11.9. The highest BCUT2D eigenvalue weighted by Crippen LogP contribution is 2.34. The summed E-state index contributed by atoms with van der Waals surface area (Å²) in [6.07, 6.45) is -7.48. The topological polar surface area (TPSA) is 108 Å². The van der Waals surface area contributed by atoms with Gasteiger partial charge in [-0.25, -0.2) is 28.4 Å². The molecule has 4 heterocycles. The van der Waals surface area contributed by atoms with E-state index in [1.165, 1.54) is 26.6 Å². The van der Waals surface area contributed by atoms with Crippen LogP contribution in [0, 0.1) is 6.92 Å². The molecule has 5 rings (SSSR count). The summed E-state index contributed by atoms with van der Waals surface area (Å²) < 4.78 is 74.4. The van der Waals surface area contributed by atoms with Crippen LogP contribution in [0.25, 0.3) is 28.4 Å². The molecular weight excluding hydrogens is 525 g/mol. The lowest BCUT2D eigenvalue weighted by Gasteiger charge is -2.13. The molecule has 15 heteroatoms. The van der Waals surface area contributed by atoms with Crippen molar-refractivity contribution >= 4 is 22.5 Å². The summed E-state index contributed by atoms with van der Waals surface area (Å²) in [5.41, 5.74) is 1.52. The van der Waals surface area contributed by atoms with Crippen molar-refractivity contribution in [1.82, 2.24) is 39.5 Å². The van der Waals surface area contributed by atoms with Gasteiger partial charge in [-0.15, -0.1) is 5.10 Å². The Morgan fingerprint density at radius 2 is 1.85 bits per heavy atom. The molecule has 39 heavy (non-hydrogen) atoms. The van der Waals surface area contributed by atoms with Gasteiger partial charge in [0.25, 0.3) is 6.43 Å². The highest BCUT2D eigenvalue weighted by molar-refractivity contribution is 5.86. The molecule has 5 aromatic rings. The van der Waals surface area contributed by atoms with Gasteiger partial charge < -0.3 is 10.1 Å². The summed E-state index contributed by atoms with van der Waals surface area (Å²) in [5, 5.41) is 15.0. The van der Waals surface area contributed by atoms with Crippen molar-refractivity contribution < 1.29 is 26.7 Å². The van der Waals surface area contributed by atoms with Gasteiger partial charge in [0.1, 0.15) is 30.0 Å². The summed E-state index contributed by atoms with van der Waals surface area (Å²) >= 11 is 0. The van der Waals surface area contributed by atoms with E-state index in [0.717, 1.165) is 16.4 Å². The molecule has 0 bridgehead atoms. The predicted molar refractivity (Wildman–Crippen MR) is 130 cm³/mol. The number of nitrogens with one attached hydrogen (secondary N) is 1. The average molecular weight is 545 g/mol. The number of halogens is 5. The van der Waals surface area contributed by atoms with Crippen molar-refractivity contribution in [3.63, 3.8) is 0 Å². The zero-order chi connectivity index (χ0) is 27.9. The maximum absolute atomic E-state index is 13.9. The maximum atomic E-state index is 13.9. The minimum atomic E-state index is -4.56. The second-order valence-corrected chi connectivity index (χ2v) is 8.52. The number of ether oxygens (including phenoxy) is 1. The highest BCUT2D eigenvalue weighted by Gasteiger charge is 2.31. The Labute approximate surface area is 217 Å². The van der Waals surface area contributed by atoms with Crippen LogP contribution in [0.5, 0.6) is 5.75 Å². The van der Waals surface area contributed by atoms with E-state index in [4.69, 9.17) is 4.74 Å². The monoisotopic (exact) mass is 545 g/mol. The molecule has 0 atom stereocenters. The second-order valence-electron chi connectivity index (χ2n) is 8.52. The zero-order valence-corrected chi connectivity index (χ0v) is 20.7. The number of methoxy groups -OCH3 is 1. The molecular formula is C24H20F5N9O. The molecule has 1 N–H and O–H groups in total. The second kappa shape index (κ2) is 9.89. The first-order valence-electron chi connectivity index (χ1n) is 11.4. The number of fused-ring (bicyclic) bond motifs is 1. The van der Waals surface area contributed by atoms with Crippen molar-refractivity contribution in [2.75, 3.05) is 12.4 Å². The van der Waals surface area contributed by atoms with Crippen LogP contribution in [0.15, 0.2) is 42.7 Å². The lowest BCUT2D eigenvalue weighted by molar-refractivity contribution is -0.128. The van der Waals surface area contributed by atoms with E-state index in [-0.39, 0.29) is 17.3 Å². The third kappa shape index (κ3) is 5.32. The number of hydrogen-bond acceptors (Lipinski definition) is 8. The highest BCUT2D eigenvalue weighted by atomic mass is 19.4. The maximum Gasteiger partial charge on any atom is 0.396 e. The molecule has 0 aliphatic rings. The summed E-state index contributed by atoms with van der Waals surface area (Å²) in [6, 6.07) is 9.44. The van der Waals surface area contributed by atoms with Gasteiger partial charge in [-0.3, -0.25) is 4.57 Å². The molecule has 0 amide bonds. The molecule has 0 aliphatic carbocycles. The van der Waals surface area contributed by atoms with E-state index >= 15 is 0 Å². The fourth-order valence-electron chi connectivity index (χ4n) is 3.94. The van der Waals surface area contributed by atoms with Crippen LogP contribution in [-0.2, 0) is 13.5 Å². The van der Waals surface area contributed by atoms with Crippen LogP contribution in [0.4, 0.5) is 33.5 Å². The van der Waals surface area contributed by atoms with Gasteiger partial charge in [0.2, 0.25) is 0 Å². The standard InChI is InChI=1S/C24H20F5N9O/c1-12-4-6-18(35-34-12)31-15-8-16-14(9-17(15)39-3)30-11-38(16)20-7-5-13(22(25)26)21(33-20)23-32-19(36-37(23)2)10-24(27,28)29/h4-9,11,22H,10H2,1-3H3,(H,31,35). The first kappa shape index (κ1) is 25.9. The number of rotatable bonds is 7. The summed E-state index contributed by atoms with van der Waals surface area (Å²) in [4.78, 5) is 12.6. The molecule has 0 unspecified atom stereocenters. The van der Waals surface area contributed by atoms with E-state index in [1.807, 2.05) is 0 Å². The van der Waals surface area contributed by atoms with E-state index in [0.29, 0.717) is 28.3 Å². The number of pyridine rings is 1. The molecule has 202 valence electrons. The Kier molecular flexibility index (Phi) is 6.57. The van der Waals surface area contributed by atoms with Gasteiger partial charge in [-0.05, 0) is 37.3 Å².